The van der Waals surface area contributed by atoms with E-state index in [1.807, 2.05) is 4.90 Å². The Morgan fingerprint density at radius 2 is 1.35 bits per heavy atom. The molecular weight excluding hydrogens is 206 g/mol. The maximum Gasteiger partial charge on any atom is 0.0773 e. The molecule has 0 atom stereocenters. The monoisotopic (exact) mass is 240 g/mol. The second-order valence-electron chi connectivity index (χ2n) is 6.16. The first-order chi connectivity index (χ1) is 8.33. The zero-order valence-corrected chi connectivity index (χ0v) is 12.3. The van der Waals surface area contributed by atoms with Gasteiger partial charge in [0, 0.05) is 0 Å². The zero-order valence-electron chi connectivity index (χ0n) is 12.3. The smallest absolute Gasteiger partial charge is 0.0773 e. The molecule has 1 rings (SSSR count). The Bertz CT molecular complexity index is 159. The van der Waals surface area contributed by atoms with Crippen molar-refractivity contribution in [2.75, 3.05) is 19.6 Å². The first-order valence-corrected chi connectivity index (χ1v) is 8.16. The van der Waals surface area contributed by atoms with Crippen LogP contribution in [0.3, 0.4) is 0 Å². The number of rotatable bonds is 9. The van der Waals surface area contributed by atoms with E-state index in [4.69, 9.17) is 0 Å². The predicted octanol–water partition coefficient (Wildman–Crippen LogP) is 3.44. The molecule has 0 saturated carbocycles. The van der Waals surface area contributed by atoms with Gasteiger partial charge in [0.1, 0.15) is 0 Å². The maximum atomic E-state index is 2.41. The lowest BCUT2D eigenvalue weighted by Gasteiger charge is -2.27. The minimum atomic E-state index is 0.998. The van der Waals surface area contributed by atoms with Gasteiger partial charge in [0.15, 0.2) is 0 Å². The van der Waals surface area contributed by atoms with Gasteiger partial charge in [-0.05, 0) is 31.6 Å². The van der Waals surface area contributed by atoms with Crippen molar-refractivity contribution in [2.45, 2.75) is 78.1 Å². The van der Waals surface area contributed by atoms with E-state index in [9.17, 15) is 0 Å². The molecule has 0 spiro atoms. The molecule has 1 aliphatic heterocycles. The van der Waals surface area contributed by atoms with E-state index in [0.29, 0.717) is 0 Å². The van der Waals surface area contributed by atoms with E-state index in [2.05, 4.69) is 13.8 Å². The number of nitrogens with one attached hydrogen (secondary N) is 1. The fraction of sp³-hybridized carbons (Fsp3) is 1.00. The Kier molecular flexibility index (Phi) is 8.78. The van der Waals surface area contributed by atoms with Crippen molar-refractivity contribution in [2.24, 2.45) is 5.92 Å². The SMILES string of the molecule is CCCCCCCCCC[NH+]1CCC(C)CC1. The summed E-state index contributed by atoms with van der Waals surface area (Å²) in [7, 11) is 0. The van der Waals surface area contributed by atoms with Crippen LogP contribution in [0.2, 0.25) is 0 Å². The molecule has 0 unspecified atom stereocenters. The molecule has 0 aliphatic carbocycles. The molecule has 1 aliphatic rings. The summed E-state index contributed by atoms with van der Waals surface area (Å²) < 4.78 is 0. The van der Waals surface area contributed by atoms with Crippen LogP contribution in [0.4, 0.5) is 0 Å². The van der Waals surface area contributed by atoms with E-state index in [1.54, 1.807) is 0 Å². The largest absolute Gasteiger partial charge is 0.335 e. The number of hydrogen-bond donors (Lipinski definition) is 1. The Labute approximate surface area is 109 Å². The normalized spacial score (nSPS) is 25.1. The topological polar surface area (TPSA) is 4.44 Å². The quantitative estimate of drug-likeness (QED) is 0.589. The van der Waals surface area contributed by atoms with Crippen molar-refractivity contribution in [3.8, 4) is 0 Å². The van der Waals surface area contributed by atoms with Gasteiger partial charge in [0.2, 0.25) is 0 Å². The number of likely N-dealkylation sites (tertiary alicyclic amines) is 1. The first kappa shape index (κ1) is 15.0. The molecule has 1 N–H and O–H groups in total. The number of quaternary nitrogens is 1. The van der Waals surface area contributed by atoms with Crippen LogP contribution in [0.25, 0.3) is 0 Å². The third-order valence-electron chi connectivity index (χ3n) is 4.37. The molecule has 0 aromatic carbocycles. The minimum Gasteiger partial charge on any atom is -0.335 e. The second kappa shape index (κ2) is 9.94. The van der Waals surface area contributed by atoms with Gasteiger partial charge >= 0.3 is 0 Å². The van der Waals surface area contributed by atoms with Crippen molar-refractivity contribution < 1.29 is 4.90 Å². The summed E-state index contributed by atoms with van der Waals surface area (Å²) in [5.74, 6) is 0.998. The van der Waals surface area contributed by atoms with Crippen molar-refractivity contribution >= 4 is 0 Å². The molecule has 0 radical (unpaired) electrons. The van der Waals surface area contributed by atoms with Crippen molar-refractivity contribution in [1.29, 1.82) is 0 Å². The van der Waals surface area contributed by atoms with Gasteiger partial charge < -0.3 is 4.90 Å². The van der Waals surface area contributed by atoms with Gasteiger partial charge in [-0.1, -0.05) is 52.4 Å². The molecule has 0 aromatic rings. The number of unbranched alkanes of at least 4 members (excludes halogenated alkanes) is 7. The van der Waals surface area contributed by atoms with Gasteiger partial charge in [-0.3, -0.25) is 0 Å². The van der Waals surface area contributed by atoms with Crippen LogP contribution in [0.15, 0.2) is 0 Å². The minimum absolute atomic E-state index is 0.998. The van der Waals surface area contributed by atoms with Crippen LogP contribution < -0.4 is 4.90 Å². The molecular formula is C16H34N+. The van der Waals surface area contributed by atoms with E-state index in [-0.39, 0.29) is 0 Å². The molecule has 17 heavy (non-hydrogen) atoms. The number of piperidine rings is 1. The Morgan fingerprint density at radius 3 is 1.94 bits per heavy atom. The standard InChI is InChI=1S/C16H33N/c1-3-4-5-6-7-8-9-10-13-17-14-11-16(2)12-15-17/h16H,3-15H2,1-2H3/p+1. The molecule has 1 saturated heterocycles. The summed E-state index contributed by atoms with van der Waals surface area (Å²) in [4.78, 5) is 1.88. The van der Waals surface area contributed by atoms with Crippen molar-refractivity contribution in [3.63, 3.8) is 0 Å². The Balaban J connectivity index is 1.81. The van der Waals surface area contributed by atoms with Crippen molar-refractivity contribution in [1.82, 2.24) is 0 Å². The van der Waals surface area contributed by atoms with Gasteiger partial charge in [-0.2, -0.15) is 0 Å². The van der Waals surface area contributed by atoms with Gasteiger partial charge in [-0.25, -0.2) is 0 Å². The lowest BCUT2D eigenvalue weighted by atomic mass is 9.99. The summed E-state index contributed by atoms with van der Waals surface area (Å²) in [6.07, 6.45) is 14.6. The summed E-state index contributed by atoms with van der Waals surface area (Å²) in [5, 5.41) is 0. The summed E-state index contributed by atoms with van der Waals surface area (Å²) in [6, 6.07) is 0. The highest BCUT2D eigenvalue weighted by molar-refractivity contribution is 4.56. The fourth-order valence-electron chi connectivity index (χ4n) is 2.93. The van der Waals surface area contributed by atoms with Crippen LogP contribution in [-0.2, 0) is 0 Å². The third-order valence-corrected chi connectivity index (χ3v) is 4.37. The fourth-order valence-corrected chi connectivity index (χ4v) is 2.93. The molecule has 1 heteroatoms. The lowest BCUT2D eigenvalue weighted by molar-refractivity contribution is -0.906. The number of hydrogen-bond acceptors (Lipinski definition) is 0. The zero-order chi connectivity index (χ0) is 12.3. The highest BCUT2D eigenvalue weighted by Crippen LogP contribution is 2.09. The molecule has 0 bridgehead atoms. The lowest BCUT2D eigenvalue weighted by Crippen LogP contribution is -3.13. The van der Waals surface area contributed by atoms with E-state index >= 15 is 0 Å². The van der Waals surface area contributed by atoms with E-state index < -0.39 is 0 Å². The maximum absolute atomic E-state index is 2.41. The Hall–Kier alpha value is -0.0400. The molecule has 0 amide bonds. The summed E-state index contributed by atoms with van der Waals surface area (Å²) in [5.41, 5.74) is 0. The second-order valence-corrected chi connectivity index (χ2v) is 6.16. The first-order valence-electron chi connectivity index (χ1n) is 8.16. The van der Waals surface area contributed by atoms with Gasteiger partial charge in [-0.15, -0.1) is 0 Å². The molecule has 1 heterocycles. The molecule has 102 valence electrons. The summed E-state index contributed by atoms with van der Waals surface area (Å²) in [6.45, 7) is 9.03. The summed E-state index contributed by atoms with van der Waals surface area (Å²) >= 11 is 0. The van der Waals surface area contributed by atoms with E-state index in [0.717, 1.165) is 5.92 Å². The Morgan fingerprint density at radius 1 is 0.824 bits per heavy atom. The highest BCUT2D eigenvalue weighted by atomic mass is 15.1. The van der Waals surface area contributed by atoms with Crippen LogP contribution >= 0.6 is 0 Å². The van der Waals surface area contributed by atoms with Crippen LogP contribution in [0.1, 0.15) is 78.1 Å². The van der Waals surface area contributed by atoms with E-state index in [1.165, 1.54) is 83.8 Å². The van der Waals surface area contributed by atoms with Gasteiger partial charge in [0.05, 0.1) is 19.6 Å². The van der Waals surface area contributed by atoms with Crippen LogP contribution in [0.5, 0.6) is 0 Å². The molecule has 1 fully saturated rings. The molecule has 0 aromatic heterocycles. The van der Waals surface area contributed by atoms with Crippen LogP contribution in [-0.4, -0.2) is 19.6 Å². The molecule has 1 nitrogen and oxygen atoms in total. The van der Waals surface area contributed by atoms with Crippen molar-refractivity contribution in [3.05, 3.63) is 0 Å². The predicted molar refractivity (Wildman–Crippen MR) is 76.6 cm³/mol. The third kappa shape index (κ3) is 7.81. The average Bonchev–Trinajstić information content (AvgIpc) is 2.35. The highest BCUT2D eigenvalue weighted by Gasteiger charge is 2.17. The average molecular weight is 240 g/mol. The van der Waals surface area contributed by atoms with Crippen LogP contribution in [0, 0.1) is 5.92 Å². The van der Waals surface area contributed by atoms with Gasteiger partial charge in [0.25, 0.3) is 0 Å².